The molecule has 0 aromatic carbocycles. The highest BCUT2D eigenvalue weighted by Gasteiger charge is 2.11. The first-order chi connectivity index (χ1) is 5.07. The van der Waals surface area contributed by atoms with E-state index in [0.717, 1.165) is 6.42 Å². The summed E-state index contributed by atoms with van der Waals surface area (Å²) in [6, 6.07) is -0.461. The van der Waals surface area contributed by atoms with E-state index < -0.39 is 6.04 Å². The molecule has 0 saturated carbocycles. The van der Waals surface area contributed by atoms with Crippen molar-refractivity contribution in [1.82, 2.24) is 5.43 Å². The lowest BCUT2D eigenvalue weighted by atomic mass is 10.1. The van der Waals surface area contributed by atoms with Crippen LogP contribution < -0.4 is 22.7 Å². The van der Waals surface area contributed by atoms with Crippen LogP contribution in [0.4, 0.5) is 0 Å². The highest BCUT2D eigenvalue weighted by molar-refractivity contribution is 5.80. The Kier molecular flexibility index (Phi) is 4.76. The summed E-state index contributed by atoms with van der Waals surface area (Å²) in [5.74, 6) is 4.53. The minimum atomic E-state index is -0.536. The molecule has 2 atom stereocenters. The topological polar surface area (TPSA) is 107 Å². The zero-order valence-electron chi connectivity index (χ0n) is 6.71. The molecule has 11 heavy (non-hydrogen) atoms. The van der Waals surface area contributed by atoms with E-state index in [2.05, 4.69) is 0 Å². The molecular formula is C6H16N4O. The molecule has 0 fully saturated rings. The van der Waals surface area contributed by atoms with Gasteiger partial charge in [-0.15, -0.1) is 0 Å². The average Bonchev–Trinajstić information content (AvgIpc) is 1.98. The number of carbonyl (C=O) groups excluding carboxylic acids is 1. The van der Waals surface area contributed by atoms with E-state index in [0.29, 0.717) is 6.42 Å². The van der Waals surface area contributed by atoms with Gasteiger partial charge >= 0.3 is 0 Å². The number of amides is 1. The minimum absolute atomic E-state index is 0.0756. The molecule has 0 aromatic heterocycles. The maximum atomic E-state index is 10.7. The lowest BCUT2D eigenvalue weighted by molar-refractivity contribution is -0.122. The van der Waals surface area contributed by atoms with Crippen molar-refractivity contribution >= 4 is 5.91 Å². The first kappa shape index (κ1) is 10.3. The zero-order valence-corrected chi connectivity index (χ0v) is 6.71. The first-order valence-electron chi connectivity index (χ1n) is 3.59. The Balaban J connectivity index is 3.52. The van der Waals surface area contributed by atoms with Crippen LogP contribution in [0, 0.1) is 0 Å². The van der Waals surface area contributed by atoms with Crippen LogP contribution in [0.15, 0.2) is 0 Å². The second-order valence-electron chi connectivity index (χ2n) is 2.67. The summed E-state index contributed by atoms with van der Waals surface area (Å²) in [7, 11) is 0. The number of nitrogens with two attached hydrogens (primary N) is 3. The summed E-state index contributed by atoms with van der Waals surface area (Å²) < 4.78 is 0. The molecule has 0 radical (unpaired) electrons. The van der Waals surface area contributed by atoms with Crippen molar-refractivity contribution in [2.45, 2.75) is 31.8 Å². The number of carbonyl (C=O) groups is 1. The normalized spacial score (nSPS) is 15.6. The highest BCUT2D eigenvalue weighted by atomic mass is 16.2. The largest absolute Gasteiger partial charge is 0.328 e. The van der Waals surface area contributed by atoms with Crippen molar-refractivity contribution in [2.24, 2.45) is 17.3 Å². The summed E-state index contributed by atoms with van der Waals surface area (Å²) in [5, 5.41) is 0. The number of nitrogens with one attached hydrogen (secondary N) is 1. The molecule has 0 bridgehead atoms. The molecule has 5 heteroatoms. The first-order valence-corrected chi connectivity index (χ1v) is 3.59. The van der Waals surface area contributed by atoms with Gasteiger partial charge in [-0.25, -0.2) is 5.84 Å². The Morgan fingerprint density at radius 1 is 1.45 bits per heavy atom. The molecule has 0 spiro atoms. The standard InChI is InChI=1S/C6H16N4O/c1-4(7)2-3-5(8)6(11)10-9/h4-5H,2-3,7-9H2,1H3,(H,10,11). The van der Waals surface area contributed by atoms with Crippen LogP contribution in [0.25, 0.3) is 0 Å². The number of hydrazine groups is 1. The molecule has 2 unspecified atom stereocenters. The summed E-state index contributed by atoms with van der Waals surface area (Å²) in [5.41, 5.74) is 12.9. The third-order valence-electron chi connectivity index (χ3n) is 1.41. The van der Waals surface area contributed by atoms with Gasteiger partial charge in [-0.1, -0.05) is 0 Å². The Morgan fingerprint density at radius 3 is 2.36 bits per heavy atom. The second-order valence-corrected chi connectivity index (χ2v) is 2.67. The lowest BCUT2D eigenvalue weighted by Crippen LogP contribution is -2.44. The molecule has 0 aliphatic carbocycles. The van der Waals surface area contributed by atoms with Gasteiger partial charge in [-0.2, -0.15) is 0 Å². The monoisotopic (exact) mass is 160 g/mol. The van der Waals surface area contributed by atoms with Crippen LogP contribution in [0.2, 0.25) is 0 Å². The molecule has 0 saturated heterocycles. The van der Waals surface area contributed by atoms with Gasteiger partial charge < -0.3 is 11.5 Å². The molecule has 0 aromatic rings. The van der Waals surface area contributed by atoms with E-state index in [1.807, 2.05) is 12.3 Å². The van der Waals surface area contributed by atoms with Crippen molar-refractivity contribution in [3.8, 4) is 0 Å². The van der Waals surface area contributed by atoms with Gasteiger partial charge in [0.05, 0.1) is 6.04 Å². The fraction of sp³-hybridized carbons (Fsp3) is 0.833. The Labute approximate surface area is 66.3 Å². The molecule has 7 N–H and O–H groups in total. The molecule has 0 aliphatic heterocycles. The maximum Gasteiger partial charge on any atom is 0.250 e. The van der Waals surface area contributed by atoms with E-state index in [9.17, 15) is 4.79 Å². The van der Waals surface area contributed by atoms with Crippen molar-refractivity contribution in [1.29, 1.82) is 0 Å². The smallest absolute Gasteiger partial charge is 0.250 e. The Bertz CT molecular complexity index is 126. The maximum absolute atomic E-state index is 10.7. The molecule has 0 aliphatic rings. The van der Waals surface area contributed by atoms with E-state index in [4.69, 9.17) is 17.3 Å². The van der Waals surface area contributed by atoms with E-state index in [1.54, 1.807) is 0 Å². The lowest BCUT2D eigenvalue weighted by Gasteiger charge is -2.10. The molecule has 0 rings (SSSR count). The predicted molar refractivity (Wildman–Crippen MR) is 43.2 cm³/mol. The third-order valence-corrected chi connectivity index (χ3v) is 1.41. The number of rotatable bonds is 4. The van der Waals surface area contributed by atoms with Crippen LogP contribution in [0.3, 0.4) is 0 Å². The molecule has 0 heterocycles. The van der Waals surface area contributed by atoms with Crippen molar-refractivity contribution in [3.05, 3.63) is 0 Å². The zero-order chi connectivity index (χ0) is 8.85. The fourth-order valence-corrected chi connectivity index (χ4v) is 0.681. The molecule has 1 amide bonds. The quantitative estimate of drug-likeness (QED) is 0.226. The van der Waals surface area contributed by atoms with Gasteiger partial charge in [0.2, 0.25) is 0 Å². The van der Waals surface area contributed by atoms with E-state index >= 15 is 0 Å². The highest BCUT2D eigenvalue weighted by Crippen LogP contribution is 1.96. The van der Waals surface area contributed by atoms with Crippen LogP contribution in [-0.2, 0) is 4.79 Å². The van der Waals surface area contributed by atoms with Crippen LogP contribution >= 0.6 is 0 Å². The van der Waals surface area contributed by atoms with Crippen LogP contribution in [-0.4, -0.2) is 18.0 Å². The molecule has 66 valence electrons. The second kappa shape index (κ2) is 5.06. The summed E-state index contributed by atoms with van der Waals surface area (Å²) in [4.78, 5) is 10.7. The Morgan fingerprint density at radius 2 is 2.00 bits per heavy atom. The summed E-state index contributed by atoms with van der Waals surface area (Å²) >= 11 is 0. The van der Waals surface area contributed by atoms with Crippen molar-refractivity contribution in [2.75, 3.05) is 0 Å². The van der Waals surface area contributed by atoms with Crippen molar-refractivity contribution in [3.63, 3.8) is 0 Å². The van der Waals surface area contributed by atoms with E-state index in [-0.39, 0.29) is 11.9 Å². The SMILES string of the molecule is CC(N)CCC(N)C(=O)NN. The predicted octanol–water partition coefficient (Wildman–Crippen LogP) is -1.57. The van der Waals surface area contributed by atoms with Gasteiger partial charge in [-0.3, -0.25) is 10.2 Å². The average molecular weight is 160 g/mol. The van der Waals surface area contributed by atoms with Gasteiger partial charge in [-0.05, 0) is 19.8 Å². The summed E-state index contributed by atoms with van der Waals surface area (Å²) in [6.07, 6.45) is 1.30. The minimum Gasteiger partial charge on any atom is -0.328 e. The summed E-state index contributed by atoms with van der Waals surface area (Å²) in [6.45, 7) is 1.87. The van der Waals surface area contributed by atoms with Gasteiger partial charge in [0, 0.05) is 6.04 Å². The van der Waals surface area contributed by atoms with Crippen LogP contribution in [0.5, 0.6) is 0 Å². The van der Waals surface area contributed by atoms with Gasteiger partial charge in [0.15, 0.2) is 0 Å². The van der Waals surface area contributed by atoms with Crippen LogP contribution in [0.1, 0.15) is 19.8 Å². The van der Waals surface area contributed by atoms with Crippen molar-refractivity contribution < 1.29 is 4.79 Å². The molecule has 5 nitrogen and oxygen atoms in total. The molecular weight excluding hydrogens is 144 g/mol. The Hall–Kier alpha value is -0.650. The van der Waals surface area contributed by atoms with Gasteiger partial charge in [0.25, 0.3) is 5.91 Å². The van der Waals surface area contributed by atoms with Gasteiger partial charge in [0.1, 0.15) is 0 Å². The third kappa shape index (κ3) is 4.72. The fourth-order valence-electron chi connectivity index (χ4n) is 0.681. The number of hydrogen-bond acceptors (Lipinski definition) is 4. The van der Waals surface area contributed by atoms with E-state index in [1.165, 1.54) is 0 Å². The number of hydrogen-bond donors (Lipinski definition) is 4.